The SMILES string of the molecule is Cc1ccc(CNCCCN(O)C(=O)O)cc1. The number of nitrogens with zero attached hydrogens (tertiary/aromatic N) is 1. The number of hydrogen-bond donors (Lipinski definition) is 3. The molecule has 0 aliphatic carbocycles. The number of aryl methyl sites for hydroxylation is 1. The summed E-state index contributed by atoms with van der Waals surface area (Å²) in [6, 6.07) is 8.21. The molecule has 0 spiro atoms. The Labute approximate surface area is 101 Å². The van der Waals surface area contributed by atoms with Gasteiger partial charge in [0.05, 0.1) is 6.54 Å². The smallest absolute Gasteiger partial charge is 0.431 e. The number of hydrogen-bond acceptors (Lipinski definition) is 3. The first-order valence-corrected chi connectivity index (χ1v) is 5.55. The number of rotatable bonds is 6. The molecule has 0 saturated carbocycles. The fourth-order valence-electron chi connectivity index (χ4n) is 1.39. The van der Waals surface area contributed by atoms with Gasteiger partial charge in [-0.15, -0.1) is 0 Å². The highest BCUT2D eigenvalue weighted by atomic mass is 16.6. The standard InChI is InChI=1S/C12H18N2O3/c1-10-3-5-11(6-4-10)9-13-7-2-8-14(17)12(15)16/h3-6,13,17H,2,7-9H2,1H3,(H,15,16). The molecule has 1 aromatic rings. The first-order valence-electron chi connectivity index (χ1n) is 5.55. The number of carbonyl (C=O) groups is 1. The lowest BCUT2D eigenvalue weighted by Gasteiger charge is -2.10. The molecule has 0 aliphatic heterocycles. The van der Waals surface area contributed by atoms with Crippen LogP contribution >= 0.6 is 0 Å². The van der Waals surface area contributed by atoms with E-state index in [0.29, 0.717) is 18.0 Å². The first kappa shape index (κ1) is 13.5. The molecule has 1 rings (SSSR count). The van der Waals surface area contributed by atoms with Crippen molar-refractivity contribution in [3.8, 4) is 0 Å². The molecule has 0 heterocycles. The molecule has 0 bridgehead atoms. The topological polar surface area (TPSA) is 72.8 Å². The molecule has 5 heteroatoms. The van der Waals surface area contributed by atoms with Crippen LogP contribution in [0.1, 0.15) is 17.5 Å². The summed E-state index contributed by atoms with van der Waals surface area (Å²) in [4.78, 5) is 10.3. The zero-order valence-electron chi connectivity index (χ0n) is 9.89. The van der Waals surface area contributed by atoms with Crippen molar-refractivity contribution in [3.63, 3.8) is 0 Å². The van der Waals surface area contributed by atoms with Crippen LogP contribution in [-0.2, 0) is 6.54 Å². The maximum absolute atomic E-state index is 10.3. The van der Waals surface area contributed by atoms with Crippen molar-refractivity contribution >= 4 is 6.09 Å². The number of nitrogens with one attached hydrogen (secondary N) is 1. The number of amides is 1. The van der Waals surface area contributed by atoms with Gasteiger partial charge in [0.1, 0.15) is 0 Å². The van der Waals surface area contributed by atoms with E-state index < -0.39 is 6.09 Å². The van der Waals surface area contributed by atoms with E-state index in [-0.39, 0.29) is 6.54 Å². The minimum atomic E-state index is -1.32. The van der Waals surface area contributed by atoms with E-state index in [4.69, 9.17) is 10.3 Å². The summed E-state index contributed by atoms with van der Waals surface area (Å²) in [5.74, 6) is 0. The van der Waals surface area contributed by atoms with Crippen molar-refractivity contribution in [1.82, 2.24) is 10.4 Å². The molecule has 0 aromatic heterocycles. The number of hydroxylamine groups is 2. The van der Waals surface area contributed by atoms with Crippen LogP contribution in [0.2, 0.25) is 0 Å². The van der Waals surface area contributed by atoms with E-state index in [2.05, 4.69) is 29.6 Å². The Morgan fingerprint density at radius 3 is 2.59 bits per heavy atom. The van der Waals surface area contributed by atoms with E-state index >= 15 is 0 Å². The van der Waals surface area contributed by atoms with Crippen LogP contribution in [0.5, 0.6) is 0 Å². The Morgan fingerprint density at radius 2 is 2.00 bits per heavy atom. The van der Waals surface area contributed by atoms with E-state index in [1.54, 1.807) is 0 Å². The molecule has 0 aliphatic rings. The van der Waals surface area contributed by atoms with Crippen molar-refractivity contribution in [2.24, 2.45) is 0 Å². The quantitative estimate of drug-likeness (QED) is 0.402. The third-order valence-corrected chi connectivity index (χ3v) is 2.39. The summed E-state index contributed by atoms with van der Waals surface area (Å²) >= 11 is 0. The summed E-state index contributed by atoms with van der Waals surface area (Å²) in [6.45, 7) is 3.58. The average Bonchev–Trinajstić information content (AvgIpc) is 2.30. The van der Waals surface area contributed by atoms with Crippen LogP contribution in [0.15, 0.2) is 24.3 Å². The van der Waals surface area contributed by atoms with Crippen molar-refractivity contribution in [3.05, 3.63) is 35.4 Å². The molecule has 94 valence electrons. The summed E-state index contributed by atoms with van der Waals surface area (Å²) in [7, 11) is 0. The fourth-order valence-corrected chi connectivity index (χ4v) is 1.39. The molecule has 0 radical (unpaired) electrons. The van der Waals surface area contributed by atoms with Crippen LogP contribution in [0.4, 0.5) is 4.79 Å². The van der Waals surface area contributed by atoms with Crippen LogP contribution in [0, 0.1) is 6.92 Å². The molecular weight excluding hydrogens is 220 g/mol. The molecule has 5 nitrogen and oxygen atoms in total. The van der Waals surface area contributed by atoms with E-state index in [0.717, 1.165) is 6.54 Å². The molecule has 0 saturated heterocycles. The normalized spacial score (nSPS) is 10.2. The van der Waals surface area contributed by atoms with Crippen LogP contribution in [0.25, 0.3) is 0 Å². The maximum atomic E-state index is 10.3. The second-order valence-electron chi connectivity index (χ2n) is 3.92. The minimum Gasteiger partial charge on any atom is -0.463 e. The fraction of sp³-hybridized carbons (Fsp3) is 0.417. The largest absolute Gasteiger partial charge is 0.463 e. The molecule has 0 atom stereocenters. The van der Waals surface area contributed by atoms with Crippen molar-refractivity contribution in [2.75, 3.05) is 13.1 Å². The van der Waals surface area contributed by atoms with Gasteiger partial charge in [0.25, 0.3) is 0 Å². The first-order chi connectivity index (χ1) is 8.09. The molecule has 0 unspecified atom stereocenters. The molecule has 1 aromatic carbocycles. The second kappa shape index (κ2) is 6.88. The Kier molecular flexibility index (Phi) is 5.45. The third kappa shape index (κ3) is 5.33. The van der Waals surface area contributed by atoms with E-state index in [9.17, 15) is 4.79 Å². The Bertz CT molecular complexity index is 351. The Morgan fingerprint density at radius 1 is 1.35 bits per heavy atom. The van der Waals surface area contributed by atoms with E-state index in [1.807, 2.05) is 6.92 Å². The highest BCUT2D eigenvalue weighted by Gasteiger charge is 2.05. The van der Waals surface area contributed by atoms with Gasteiger partial charge in [-0.3, -0.25) is 5.21 Å². The highest BCUT2D eigenvalue weighted by Crippen LogP contribution is 2.02. The summed E-state index contributed by atoms with van der Waals surface area (Å²) in [5, 5.41) is 20.8. The van der Waals surface area contributed by atoms with Crippen molar-refractivity contribution in [2.45, 2.75) is 19.9 Å². The van der Waals surface area contributed by atoms with Gasteiger partial charge < -0.3 is 10.4 Å². The van der Waals surface area contributed by atoms with Gasteiger partial charge in [0, 0.05) is 6.54 Å². The second-order valence-corrected chi connectivity index (χ2v) is 3.92. The maximum Gasteiger partial charge on any atom is 0.431 e. The van der Waals surface area contributed by atoms with Gasteiger partial charge >= 0.3 is 6.09 Å². The predicted octanol–water partition coefficient (Wildman–Crippen LogP) is 1.84. The zero-order valence-corrected chi connectivity index (χ0v) is 9.89. The molecular formula is C12H18N2O3. The monoisotopic (exact) mass is 238 g/mol. The van der Waals surface area contributed by atoms with Crippen LogP contribution in [-0.4, -0.2) is 34.6 Å². The van der Waals surface area contributed by atoms with Gasteiger partial charge in [-0.1, -0.05) is 29.8 Å². The number of benzene rings is 1. The Balaban J connectivity index is 2.12. The molecule has 1 amide bonds. The molecule has 0 fully saturated rings. The zero-order chi connectivity index (χ0) is 12.7. The van der Waals surface area contributed by atoms with Crippen LogP contribution < -0.4 is 5.32 Å². The van der Waals surface area contributed by atoms with Gasteiger partial charge in [-0.2, -0.15) is 5.06 Å². The van der Waals surface area contributed by atoms with Gasteiger partial charge in [0.2, 0.25) is 0 Å². The highest BCUT2D eigenvalue weighted by molar-refractivity contribution is 5.63. The van der Waals surface area contributed by atoms with Crippen molar-refractivity contribution in [1.29, 1.82) is 0 Å². The van der Waals surface area contributed by atoms with Crippen molar-refractivity contribution < 1.29 is 15.1 Å². The summed E-state index contributed by atoms with van der Waals surface area (Å²) in [5.41, 5.74) is 2.42. The minimum absolute atomic E-state index is 0.121. The van der Waals surface area contributed by atoms with E-state index in [1.165, 1.54) is 11.1 Å². The van der Waals surface area contributed by atoms with Gasteiger partial charge in [0.15, 0.2) is 0 Å². The Hall–Kier alpha value is -1.59. The molecule has 3 N–H and O–H groups in total. The van der Waals surface area contributed by atoms with Gasteiger partial charge in [-0.25, -0.2) is 4.79 Å². The van der Waals surface area contributed by atoms with Gasteiger partial charge in [-0.05, 0) is 25.5 Å². The summed E-state index contributed by atoms with van der Waals surface area (Å²) < 4.78 is 0. The third-order valence-electron chi connectivity index (χ3n) is 2.39. The average molecular weight is 238 g/mol. The molecule has 17 heavy (non-hydrogen) atoms. The lowest BCUT2D eigenvalue weighted by Crippen LogP contribution is -2.28. The lowest BCUT2D eigenvalue weighted by molar-refractivity contribution is -0.0640. The summed E-state index contributed by atoms with van der Waals surface area (Å²) in [6.07, 6.45) is -0.738. The predicted molar refractivity (Wildman–Crippen MR) is 64.0 cm³/mol. The number of carboxylic acid groups (broad SMARTS) is 1. The van der Waals surface area contributed by atoms with Crippen LogP contribution in [0.3, 0.4) is 0 Å². The lowest BCUT2D eigenvalue weighted by atomic mass is 10.1.